The van der Waals surface area contributed by atoms with Crippen LogP contribution in [0.3, 0.4) is 0 Å². The van der Waals surface area contributed by atoms with Crippen molar-refractivity contribution in [3.05, 3.63) is 34.1 Å². The summed E-state index contributed by atoms with van der Waals surface area (Å²) in [5.74, 6) is 1.29. The van der Waals surface area contributed by atoms with Crippen LogP contribution in [0.1, 0.15) is 5.56 Å². The third-order valence-corrected chi connectivity index (χ3v) is 2.28. The predicted octanol–water partition coefficient (Wildman–Crippen LogP) is 2.53. The van der Waals surface area contributed by atoms with Crippen LogP contribution in [0.4, 0.5) is 0 Å². The predicted molar refractivity (Wildman–Crippen MR) is 52.7 cm³/mol. The molecule has 1 heterocycles. The summed E-state index contributed by atoms with van der Waals surface area (Å²) in [6, 6.07) is 3.69. The van der Waals surface area contributed by atoms with E-state index in [0.29, 0.717) is 29.5 Å². The van der Waals surface area contributed by atoms with Crippen molar-refractivity contribution < 1.29 is 9.47 Å². The highest BCUT2D eigenvalue weighted by Crippen LogP contribution is 2.39. The molecular weight excluding hydrogens is 202 g/mol. The van der Waals surface area contributed by atoms with Gasteiger partial charge in [0.05, 0.1) is 5.02 Å². The maximum atomic E-state index is 6.69. The summed E-state index contributed by atoms with van der Waals surface area (Å²) < 4.78 is 10.4. The van der Waals surface area contributed by atoms with Crippen LogP contribution in [0.5, 0.6) is 11.5 Å². The fraction of sp³-hybridized carbons (Fsp3) is 0.300. The maximum Gasteiger partial charge on any atom is 0.231 e. The van der Waals surface area contributed by atoms with E-state index in [2.05, 4.69) is 4.85 Å². The average molecular weight is 210 g/mol. The number of hydrogen-bond donors (Lipinski definition) is 0. The van der Waals surface area contributed by atoms with Gasteiger partial charge in [0.25, 0.3) is 0 Å². The number of fused-ring (bicyclic) bond motifs is 1. The fourth-order valence-electron chi connectivity index (χ4n) is 1.35. The van der Waals surface area contributed by atoms with E-state index in [4.69, 9.17) is 27.6 Å². The van der Waals surface area contributed by atoms with Crippen LogP contribution in [0.15, 0.2) is 12.1 Å². The number of nitrogens with zero attached hydrogens (tertiary/aromatic N) is 1. The van der Waals surface area contributed by atoms with Crippen molar-refractivity contribution in [1.29, 1.82) is 0 Å². The molecule has 1 aromatic carbocycles. The van der Waals surface area contributed by atoms with Crippen molar-refractivity contribution in [1.82, 2.24) is 0 Å². The van der Waals surface area contributed by atoms with Gasteiger partial charge in [-0.05, 0) is 17.7 Å². The van der Waals surface area contributed by atoms with Gasteiger partial charge in [-0.3, -0.25) is 0 Å². The SMILES string of the molecule is [C-]#[N+]CCc1cc(Cl)c2c(c1)OCO2. The Morgan fingerprint density at radius 2 is 2.29 bits per heavy atom. The minimum atomic E-state index is 0.224. The summed E-state index contributed by atoms with van der Waals surface area (Å²) in [4.78, 5) is 3.29. The number of benzene rings is 1. The van der Waals surface area contributed by atoms with Gasteiger partial charge < -0.3 is 14.3 Å². The summed E-state index contributed by atoms with van der Waals surface area (Å²) in [5.41, 5.74) is 1.01. The van der Waals surface area contributed by atoms with Crippen molar-refractivity contribution in [2.45, 2.75) is 6.42 Å². The molecule has 0 N–H and O–H groups in total. The summed E-state index contributed by atoms with van der Waals surface area (Å²) >= 11 is 5.97. The number of hydrogen-bond acceptors (Lipinski definition) is 2. The Balaban J connectivity index is 2.28. The summed E-state index contributed by atoms with van der Waals surface area (Å²) in [5, 5.41) is 0.556. The van der Waals surface area contributed by atoms with Crippen LogP contribution >= 0.6 is 11.6 Å². The number of rotatable bonds is 2. The molecule has 72 valence electrons. The molecule has 0 saturated carbocycles. The lowest BCUT2D eigenvalue weighted by Gasteiger charge is -2.01. The monoisotopic (exact) mass is 209 g/mol. The molecule has 4 heteroatoms. The molecule has 0 saturated heterocycles. The molecule has 2 rings (SSSR count). The van der Waals surface area contributed by atoms with Gasteiger partial charge in [-0.1, -0.05) is 11.6 Å². The van der Waals surface area contributed by atoms with Gasteiger partial charge in [0.2, 0.25) is 13.3 Å². The van der Waals surface area contributed by atoms with Crippen molar-refractivity contribution in [3.63, 3.8) is 0 Å². The van der Waals surface area contributed by atoms with Crippen LogP contribution in [-0.4, -0.2) is 13.3 Å². The first-order valence-corrected chi connectivity index (χ1v) is 4.60. The highest BCUT2D eigenvalue weighted by atomic mass is 35.5. The molecule has 0 spiro atoms. The second-order valence-electron chi connectivity index (χ2n) is 2.94. The van der Waals surface area contributed by atoms with Gasteiger partial charge in [-0.15, -0.1) is 0 Å². The molecule has 14 heavy (non-hydrogen) atoms. The Kier molecular flexibility index (Phi) is 2.47. The van der Waals surface area contributed by atoms with E-state index < -0.39 is 0 Å². The minimum absolute atomic E-state index is 0.224. The molecule has 3 nitrogen and oxygen atoms in total. The zero-order valence-corrected chi connectivity index (χ0v) is 8.17. The molecule has 0 aliphatic carbocycles. The van der Waals surface area contributed by atoms with Gasteiger partial charge in [-0.25, -0.2) is 6.57 Å². The number of halogens is 1. The summed E-state index contributed by atoms with van der Waals surface area (Å²) in [6.45, 7) is 7.39. The van der Waals surface area contributed by atoms with E-state index in [1.54, 1.807) is 0 Å². The van der Waals surface area contributed by atoms with Gasteiger partial charge >= 0.3 is 0 Å². The van der Waals surface area contributed by atoms with E-state index in [1.165, 1.54) is 0 Å². The Bertz CT molecular complexity index is 398. The third kappa shape index (κ3) is 1.61. The first-order valence-electron chi connectivity index (χ1n) is 4.22. The molecular formula is C10H8ClNO2. The van der Waals surface area contributed by atoms with Crippen molar-refractivity contribution >= 4 is 11.6 Å². The van der Waals surface area contributed by atoms with Crippen LogP contribution in [0.25, 0.3) is 4.85 Å². The highest BCUT2D eigenvalue weighted by molar-refractivity contribution is 6.32. The molecule has 0 aromatic heterocycles. The lowest BCUT2D eigenvalue weighted by atomic mass is 10.1. The second kappa shape index (κ2) is 3.77. The number of ether oxygens (including phenoxy) is 2. The molecule has 0 unspecified atom stereocenters. The molecule has 1 aromatic rings. The van der Waals surface area contributed by atoms with Crippen LogP contribution < -0.4 is 9.47 Å². The molecule has 1 aliphatic rings. The Morgan fingerprint density at radius 1 is 1.43 bits per heavy atom. The van der Waals surface area contributed by atoms with Crippen LogP contribution in [-0.2, 0) is 6.42 Å². The van der Waals surface area contributed by atoms with Crippen LogP contribution in [0.2, 0.25) is 5.02 Å². The molecule has 0 amide bonds. The highest BCUT2D eigenvalue weighted by Gasteiger charge is 2.18. The van der Waals surface area contributed by atoms with Gasteiger partial charge in [0.1, 0.15) is 0 Å². The van der Waals surface area contributed by atoms with E-state index >= 15 is 0 Å². The third-order valence-electron chi connectivity index (χ3n) is 2.00. The summed E-state index contributed by atoms with van der Waals surface area (Å²) in [6.07, 6.45) is 0.694. The normalized spacial score (nSPS) is 12.6. The van der Waals surface area contributed by atoms with E-state index in [1.807, 2.05) is 12.1 Å². The Morgan fingerprint density at radius 3 is 3.07 bits per heavy atom. The zero-order valence-electron chi connectivity index (χ0n) is 7.42. The molecule has 1 aliphatic heterocycles. The smallest absolute Gasteiger partial charge is 0.231 e. The quantitative estimate of drug-likeness (QED) is 0.699. The van der Waals surface area contributed by atoms with Crippen LogP contribution in [0, 0.1) is 6.57 Å². The van der Waals surface area contributed by atoms with E-state index in [9.17, 15) is 0 Å². The average Bonchev–Trinajstić information content (AvgIpc) is 2.63. The van der Waals surface area contributed by atoms with Gasteiger partial charge in [0, 0.05) is 6.42 Å². The lowest BCUT2D eigenvalue weighted by molar-refractivity contribution is 0.174. The largest absolute Gasteiger partial charge is 0.454 e. The Labute approximate surface area is 87.0 Å². The summed E-state index contributed by atoms with van der Waals surface area (Å²) in [7, 11) is 0. The minimum Gasteiger partial charge on any atom is -0.454 e. The first-order chi connectivity index (χ1) is 6.81. The van der Waals surface area contributed by atoms with Crippen molar-refractivity contribution in [3.8, 4) is 11.5 Å². The molecule has 0 bridgehead atoms. The molecule has 0 radical (unpaired) electrons. The standard InChI is InChI=1S/C10H8ClNO2/c1-12-3-2-7-4-8(11)10-9(5-7)13-6-14-10/h4-5H,2-3,6H2. The van der Waals surface area contributed by atoms with E-state index in [0.717, 1.165) is 5.56 Å². The lowest BCUT2D eigenvalue weighted by Crippen LogP contribution is -1.93. The van der Waals surface area contributed by atoms with E-state index in [-0.39, 0.29) is 6.79 Å². The van der Waals surface area contributed by atoms with Gasteiger partial charge in [0.15, 0.2) is 11.5 Å². The first kappa shape index (κ1) is 9.17. The Hall–Kier alpha value is -1.40. The second-order valence-corrected chi connectivity index (χ2v) is 3.35. The zero-order chi connectivity index (χ0) is 9.97. The fourth-order valence-corrected chi connectivity index (χ4v) is 1.64. The van der Waals surface area contributed by atoms with Gasteiger partial charge in [-0.2, -0.15) is 0 Å². The molecule has 0 fully saturated rings. The van der Waals surface area contributed by atoms with Crippen molar-refractivity contribution in [2.24, 2.45) is 0 Å². The molecule has 0 atom stereocenters. The topological polar surface area (TPSA) is 22.8 Å². The maximum absolute atomic E-state index is 6.69. The van der Waals surface area contributed by atoms with Crippen molar-refractivity contribution in [2.75, 3.05) is 13.3 Å².